The van der Waals surface area contributed by atoms with Crippen LogP contribution in [0.1, 0.15) is 10.6 Å². The van der Waals surface area contributed by atoms with Gasteiger partial charge in [-0.05, 0) is 36.2 Å². The smallest absolute Gasteiger partial charge is 0.320 e. The molecular formula is C21H21N3O5S2. The molecule has 1 fully saturated rings. The van der Waals surface area contributed by atoms with Crippen LogP contribution in [0, 0.1) is 0 Å². The Morgan fingerprint density at radius 2 is 1.97 bits per heavy atom. The van der Waals surface area contributed by atoms with Crippen molar-refractivity contribution in [3.8, 4) is 5.75 Å². The molecule has 1 atom stereocenters. The Hall–Kier alpha value is -2.79. The van der Waals surface area contributed by atoms with E-state index < -0.39 is 27.6 Å². The number of para-hydroxylation sites is 1. The number of hydrogen-bond acceptors (Lipinski definition) is 7. The van der Waals surface area contributed by atoms with E-state index in [2.05, 4.69) is 4.98 Å². The second kappa shape index (κ2) is 8.39. The summed E-state index contributed by atoms with van der Waals surface area (Å²) in [4.78, 5) is 15.5. The number of nitrogens with zero attached hydrogens (tertiary/aromatic N) is 2. The summed E-state index contributed by atoms with van der Waals surface area (Å²) in [6.07, 6.45) is 1.71. The zero-order chi connectivity index (χ0) is 22.1. The Kier molecular flexibility index (Phi) is 5.80. The minimum atomic E-state index is -3.79. The summed E-state index contributed by atoms with van der Waals surface area (Å²) in [5, 5.41) is 11.5. The molecule has 4 rings (SSSR count). The van der Waals surface area contributed by atoms with E-state index in [1.54, 1.807) is 18.3 Å². The van der Waals surface area contributed by atoms with E-state index in [4.69, 9.17) is 15.6 Å². The fourth-order valence-electron chi connectivity index (χ4n) is 3.42. The normalized spacial score (nSPS) is 16.9. The molecule has 162 valence electrons. The number of ether oxygens (including phenoxy) is 1. The van der Waals surface area contributed by atoms with Gasteiger partial charge >= 0.3 is 5.97 Å². The number of nitrogens with two attached hydrogens (primary N) is 1. The minimum Gasteiger partial charge on any atom is -0.480 e. The number of thiazole rings is 1. The maximum Gasteiger partial charge on any atom is 0.320 e. The van der Waals surface area contributed by atoms with E-state index in [9.17, 15) is 13.2 Å². The van der Waals surface area contributed by atoms with Crippen LogP contribution in [0.4, 0.5) is 0 Å². The van der Waals surface area contributed by atoms with Crippen LogP contribution in [0.15, 0.2) is 71.1 Å². The van der Waals surface area contributed by atoms with Gasteiger partial charge in [0.2, 0.25) is 10.0 Å². The Morgan fingerprint density at radius 3 is 2.61 bits per heavy atom. The summed E-state index contributed by atoms with van der Waals surface area (Å²) in [7, 11) is -3.79. The van der Waals surface area contributed by atoms with Crippen molar-refractivity contribution in [3.63, 3.8) is 0 Å². The molecule has 0 saturated carbocycles. The number of carbonyl (C=O) groups is 1. The summed E-state index contributed by atoms with van der Waals surface area (Å²) >= 11 is 1.42. The third kappa shape index (κ3) is 4.33. The first-order valence-corrected chi connectivity index (χ1v) is 11.8. The van der Waals surface area contributed by atoms with Gasteiger partial charge in [0, 0.05) is 11.6 Å². The van der Waals surface area contributed by atoms with E-state index in [-0.39, 0.29) is 24.4 Å². The number of benzene rings is 2. The van der Waals surface area contributed by atoms with Crippen LogP contribution in [0.2, 0.25) is 0 Å². The molecule has 1 aliphatic heterocycles. The van der Waals surface area contributed by atoms with Gasteiger partial charge in [-0.25, -0.2) is 13.4 Å². The lowest BCUT2D eigenvalue weighted by molar-refractivity contribution is -0.138. The first-order valence-electron chi connectivity index (χ1n) is 9.52. The van der Waals surface area contributed by atoms with Crippen LogP contribution in [0.25, 0.3) is 0 Å². The van der Waals surface area contributed by atoms with Crippen LogP contribution in [0.5, 0.6) is 5.75 Å². The maximum atomic E-state index is 13.2. The molecule has 1 aromatic heterocycles. The highest BCUT2D eigenvalue weighted by atomic mass is 32.2. The molecule has 2 heterocycles. The average Bonchev–Trinajstić information content (AvgIpc) is 3.26. The van der Waals surface area contributed by atoms with E-state index in [0.29, 0.717) is 16.3 Å². The highest BCUT2D eigenvalue weighted by Gasteiger charge is 2.53. The zero-order valence-electron chi connectivity index (χ0n) is 16.4. The molecule has 2 aromatic carbocycles. The largest absolute Gasteiger partial charge is 0.480 e. The van der Waals surface area contributed by atoms with E-state index in [0.717, 1.165) is 0 Å². The Labute approximate surface area is 184 Å². The highest BCUT2D eigenvalue weighted by Crippen LogP contribution is 2.40. The van der Waals surface area contributed by atoms with Crippen LogP contribution < -0.4 is 10.5 Å². The maximum absolute atomic E-state index is 13.2. The molecule has 0 bridgehead atoms. The number of carboxylic acids is 1. The predicted octanol–water partition coefficient (Wildman–Crippen LogP) is 2.08. The number of carboxylic acid groups (broad SMARTS) is 1. The number of hydrogen-bond donors (Lipinski definition) is 2. The standard InChI is InChI=1S/C21H21N3O5S2/c22-18(19(25)26)12-15-5-4-8-17(11-15)31(27,28)24-13-21(14-24,20-23-9-10-30-20)29-16-6-2-1-3-7-16/h1-11,18H,12-14,22H2,(H,25,26). The molecule has 3 N–H and O–H groups in total. The summed E-state index contributed by atoms with van der Waals surface area (Å²) in [6, 6.07) is 14.3. The fourth-order valence-corrected chi connectivity index (χ4v) is 5.79. The van der Waals surface area contributed by atoms with E-state index >= 15 is 0 Å². The number of aliphatic carboxylic acids is 1. The zero-order valence-corrected chi connectivity index (χ0v) is 18.1. The summed E-state index contributed by atoms with van der Waals surface area (Å²) in [6.45, 7) is 0.243. The van der Waals surface area contributed by atoms with Crippen molar-refractivity contribution in [1.82, 2.24) is 9.29 Å². The van der Waals surface area contributed by atoms with E-state index in [1.165, 1.54) is 27.8 Å². The molecule has 0 radical (unpaired) electrons. The van der Waals surface area contributed by atoms with Crippen molar-refractivity contribution in [2.45, 2.75) is 23.0 Å². The van der Waals surface area contributed by atoms with Gasteiger partial charge in [-0.1, -0.05) is 30.3 Å². The molecule has 1 unspecified atom stereocenters. The van der Waals surface area contributed by atoms with Crippen molar-refractivity contribution in [3.05, 3.63) is 76.7 Å². The van der Waals surface area contributed by atoms with Crippen LogP contribution in [0.3, 0.4) is 0 Å². The van der Waals surface area contributed by atoms with Gasteiger partial charge in [0.1, 0.15) is 16.8 Å². The summed E-state index contributed by atoms with van der Waals surface area (Å²) in [5.41, 5.74) is 5.28. The molecule has 8 nitrogen and oxygen atoms in total. The first-order chi connectivity index (χ1) is 14.8. The third-order valence-electron chi connectivity index (χ3n) is 5.05. The van der Waals surface area contributed by atoms with E-state index in [1.807, 2.05) is 35.7 Å². The highest BCUT2D eigenvalue weighted by molar-refractivity contribution is 7.89. The number of rotatable bonds is 8. The Morgan fingerprint density at radius 1 is 1.23 bits per heavy atom. The van der Waals surface area contributed by atoms with Crippen LogP contribution in [-0.2, 0) is 26.8 Å². The number of aromatic nitrogens is 1. The Bertz CT molecular complexity index is 1160. The molecule has 1 saturated heterocycles. The van der Waals surface area contributed by atoms with Gasteiger partial charge in [0.15, 0.2) is 5.60 Å². The monoisotopic (exact) mass is 459 g/mol. The molecular weight excluding hydrogens is 438 g/mol. The van der Waals surface area contributed by atoms with Crippen LogP contribution in [-0.4, -0.2) is 47.9 Å². The van der Waals surface area contributed by atoms with Crippen molar-refractivity contribution < 1.29 is 23.1 Å². The molecule has 10 heteroatoms. The minimum absolute atomic E-state index is 0.0405. The van der Waals surface area contributed by atoms with Crippen molar-refractivity contribution in [2.24, 2.45) is 5.73 Å². The lowest BCUT2D eigenvalue weighted by Crippen LogP contribution is -2.63. The topological polar surface area (TPSA) is 123 Å². The van der Waals surface area contributed by atoms with Gasteiger partial charge in [0.25, 0.3) is 0 Å². The summed E-state index contributed by atoms with van der Waals surface area (Å²) in [5.74, 6) is -0.498. The lowest BCUT2D eigenvalue weighted by Gasteiger charge is -2.47. The molecule has 0 amide bonds. The van der Waals surface area contributed by atoms with Crippen molar-refractivity contribution in [1.29, 1.82) is 0 Å². The second-order valence-electron chi connectivity index (χ2n) is 7.32. The van der Waals surface area contributed by atoms with Crippen molar-refractivity contribution in [2.75, 3.05) is 13.1 Å². The molecule has 1 aliphatic rings. The van der Waals surface area contributed by atoms with Gasteiger partial charge in [-0.2, -0.15) is 4.31 Å². The second-order valence-corrected chi connectivity index (χ2v) is 10.1. The lowest BCUT2D eigenvalue weighted by atomic mass is 9.97. The molecule has 3 aromatic rings. The van der Waals surface area contributed by atoms with Gasteiger partial charge in [-0.15, -0.1) is 11.3 Å². The SMILES string of the molecule is NC(Cc1cccc(S(=O)(=O)N2CC(Oc3ccccc3)(c3nccs3)C2)c1)C(=O)O. The Balaban J connectivity index is 1.56. The quantitative estimate of drug-likeness (QED) is 0.529. The first kappa shape index (κ1) is 21.4. The van der Waals surface area contributed by atoms with Gasteiger partial charge < -0.3 is 15.6 Å². The van der Waals surface area contributed by atoms with Gasteiger partial charge in [-0.3, -0.25) is 4.79 Å². The third-order valence-corrected chi connectivity index (χ3v) is 7.80. The van der Waals surface area contributed by atoms with Crippen molar-refractivity contribution >= 4 is 27.3 Å². The average molecular weight is 460 g/mol. The molecule has 31 heavy (non-hydrogen) atoms. The van der Waals surface area contributed by atoms with Crippen LogP contribution >= 0.6 is 11.3 Å². The predicted molar refractivity (Wildman–Crippen MR) is 115 cm³/mol. The van der Waals surface area contributed by atoms with Gasteiger partial charge in [0.05, 0.1) is 18.0 Å². The molecule has 0 spiro atoms. The summed E-state index contributed by atoms with van der Waals surface area (Å²) < 4.78 is 34.0. The number of sulfonamides is 1. The molecule has 0 aliphatic carbocycles. The fraction of sp³-hybridized carbons (Fsp3) is 0.238.